The number of hydrogen-bond donors (Lipinski definition) is 0. The van der Waals surface area contributed by atoms with E-state index in [2.05, 4.69) is 4.90 Å². The minimum Gasteiger partial charge on any atom is -0.376 e. The largest absolute Gasteiger partial charge is 0.376 e. The Morgan fingerprint density at radius 1 is 1.17 bits per heavy atom. The number of anilines is 1. The van der Waals surface area contributed by atoms with E-state index in [0.29, 0.717) is 78.6 Å². The third-order valence-corrected chi connectivity index (χ3v) is 8.32. The van der Waals surface area contributed by atoms with Crippen molar-refractivity contribution in [1.29, 1.82) is 0 Å². The predicted molar refractivity (Wildman–Crippen MR) is 136 cm³/mol. The number of aromatic nitrogens is 2. The highest BCUT2D eigenvalue weighted by atomic mass is 32.2. The average Bonchev–Trinajstić information content (AvgIpc) is 3.61. The average molecular weight is 515 g/mol. The van der Waals surface area contributed by atoms with Gasteiger partial charge in [0.15, 0.2) is 5.79 Å². The SMILES string of the molecule is O=C1/C(=C\c2c(N3CCC4(CC3)OCCO4)nc3ccccn3c2=O)SC(=S)N1CC1CCCO1. The van der Waals surface area contributed by atoms with Crippen LogP contribution in [0.5, 0.6) is 0 Å². The third kappa shape index (κ3) is 4.29. The van der Waals surface area contributed by atoms with Crippen LogP contribution in [-0.2, 0) is 19.0 Å². The summed E-state index contributed by atoms with van der Waals surface area (Å²) in [7, 11) is 0. The highest BCUT2D eigenvalue weighted by Crippen LogP contribution is 2.36. The summed E-state index contributed by atoms with van der Waals surface area (Å²) in [4.78, 5) is 35.8. The molecule has 6 rings (SSSR count). The monoisotopic (exact) mass is 514 g/mol. The van der Waals surface area contributed by atoms with Crippen LogP contribution in [-0.4, -0.2) is 75.9 Å². The first kappa shape index (κ1) is 23.1. The molecular weight excluding hydrogens is 488 g/mol. The van der Waals surface area contributed by atoms with Crippen LogP contribution >= 0.6 is 24.0 Å². The smallest absolute Gasteiger partial charge is 0.267 e. The molecule has 0 aromatic carbocycles. The number of pyridine rings is 1. The van der Waals surface area contributed by atoms with Gasteiger partial charge in [-0.2, -0.15) is 0 Å². The first-order valence-corrected chi connectivity index (χ1v) is 13.2. The van der Waals surface area contributed by atoms with Crippen LogP contribution in [0.2, 0.25) is 0 Å². The fourth-order valence-electron chi connectivity index (χ4n) is 5.08. The quantitative estimate of drug-likeness (QED) is 0.451. The summed E-state index contributed by atoms with van der Waals surface area (Å²) in [5.41, 5.74) is 0.725. The van der Waals surface area contributed by atoms with E-state index in [9.17, 15) is 9.59 Å². The Balaban J connectivity index is 1.35. The van der Waals surface area contributed by atoms with Gasteiger partial charge in [0, 0.05) is 38.7 Å². The molecule has 4 saturated heterocycles. The molecule has 6 heterocycles. The van der Waals surface area contributed by atoms with Crippen molar-refractivity contribution in [2.24, 2.45) is 0 Å². The van der Waals surface area contributed by atoms with Gasteiger partial charge in [-0.05, 0) is 31.1 Å². The summed E-state index contributed by atoms with van der Waals surface area (Å²) in [6.45, 7) is 3.64. The van der Waals surface area contributed by atoms with Crippen molar-refractivity contribution in [3.63, 3.8) is 0 Å². The number of carbonyl (C=O) groups excluding carboxylic acids is 1. The molecule has 1 amide bonds. The molecule has 4 aliphatic heterocycles. The molecule has 4 aliphatic rings. The van der Waals surface area contributed by atoms with Crippen LogP contribution in [0.4, 0.5) is 5.82 Å². The topological polar surface area (TPSA) is 85.6 Å². The molecule has 184 valence electrons. The molecule has 0 bridgehead atoms. The maximum absolute atomic E-state index is 13.6. The lowest BCUT2D eigenvalue weighted by atomic mass is 10.0. The van der Waals surface area contributed by atoms with E-state index in [1.165, 1.54) is 16.2 Å². The van der Waals surface area contributed by atoms with Gasteiger partial charge in [-0.15, -0.1) is 0 Å². The number of nitrogens with zero attached hydrogens (tertiary/aromatic N) is 4. The van der Waals surface area contributed by atoms with E-state index < -0.39 is 5.79 Å². The van der Waals surface area contributed by atoms with Gasteiger partial charge in [0.2, 0.25) is 0 Å². The molecule has 0 radical (unpaired) electrons. The number of piperidine rings is 1. The molecule has 2 aromatic rings. The molecule has 11 heteroatoms. The van der Waals surface area contributed by atoms with Crippen molar-refractivity contribution in [3.8, 4) is 0 Å². The summed E-state index contributed by atoms with van der Waals surface area (Å²) in [6.07, 6.45) is 6.63. The Bertz CT molecular complexity index is 1260. The van der Waals surface area contributed by atoms with Gasteiger partial charge in [0.1, 0.15) is 15.8 Å². The molecule has 0 N–H and O–H groups in total. The van der Waals surface area contributed by atoms with Crippen molar-refractivity contribution in [3.05, 3.63) is 45.2 Å². The molecule has 4 fully saturated rings. The fraction of sp³-hybridized carbons (Fsp3) is 0.500. The molecule has 1 atom stereocenters. The maximum atomic E-state index is 13.6. The lowest BCUT2D eigenvalue weighted by Crippen LogP contribution is -2.46. The van der Waals surface area contributed by atoms with E-state index in [1.54, 1.807) is 23.2 Å². The number of amides is 1. The second-order valence-electron chi connectivity index (χ2n) is 9.11. The van der Waals surface area contributed by atoms with Gasteiger partial charge < -0.3 is 19.1 Å². The maximum Gasteiger partial charge on any atom is 0.267 e. The van der Waals surface area contributed by atoms with Gasteiger partial charge in [-0.3, -0.25) is 18.9 Å². The van der Waals surface area contributed by atoms with Gasteiger partial charge in [0.25, 0.3) is 11.5 Å². The Morgan fingerprint density at radius 2 is 1.97 bits per heavy atom. The molecule has 0 aliphatic carbocycles. The van der Waals surface area contributed by atoms with Crippen LogP contribution in [0.3, 0.4) is 0 Å². The molecule has 1 spiro atoms. The van der Waals surface area contributed by atoms with E-state index in [-0.39, 0.29) is 17.6 Å². The second-order valence-corrected chi connectivity index (χ2v) is 10.8. The number of ether oxygens (including phenoxy) is 3. The summed E-state index contributed by atoms with van der Waals surface area (Å²) < 4.78 is 19.4. The first-order valence-electron chi connectivity index (χ1n) is 11.9. The summed E-state index contributed by atoms with van der Waals surface area (Å²) >= 11 is 6.73. The second kappa shape index (κ2) is 9.29. The number of rotatable bonds is 4. The normalized spacial score (nSPS) is 25.6. The van der Waals surface area contributed by atoms with Crippen LogP contribution in [0, 0.1) is 0 Å². The van der Waals surface area contributed by atoms with Crippen molar-refractivity contribution in [2.45, 2.75) is 37.6 Å². The van der Waals surface area contributed by atoms with Gasteiger partial charge in [-0.25, -0.2) is 4.98 Å². The summed E-state index contributed by atoms with van der Waals surface area (Å²) in [5, 5.41) is 0. The van der Waals surface area contributed by atoms with Gasteiger partial charge in [-0.1, -0.05) is 30.0 Å². The zero-order valence-electron chi connectivity index (χ0n) is 19.2. The molecule has 2 aromatic heterocycles. The lowest BCUT2D eigenvalue weighted by molar-refractivity contribution is -0.169. The Hall–Kier alpha value is -2.31. The van der Waals surface area contributed by atoms with E-state index in [1.807, 2.05) is 12.1 Å². The number of carbonyl (C=O) groups is 1. The number of thioether (sulfide) groups is 1. The standard InChI is InChI=1S/C24H26N4O5S2/c29-21-17(14-18-22(30)28(23(34)35-18)15-16-4-3-11-31-16)20(25-19-5-1-2-8-27(19)21)26-9-6-24(7-10-26)32-12-13-33-24/h1-2,5,8,14,16H,3-4,6-7,9-13,15H2/b18-14+. The zero-order chi connectivity index (χ0) is 24.0. The van der Waals surface area contributed by atoms with E-state index >= 15 is 0 Å². The predicted octanol–water partition coefficient (Wildman–Crippen LogP) is 2.42. The molecule has 35 heavy (non-hydrogen) atoms. The van der Waals surface area contributed by atoms with Crippen molar-refractivity contribution in [2.75, 3.05) is 44.4 Å². The Morgan fingerprint density at radius 3 is 2.71 bits per heavy atom. The first-order chi connectivity index (χ1) is 17.0. The minimum atomic E-state index is -0.534. The third-order valence-electron chi connectivity index (χ3n) is 6.95. The number of thiocarbonyl (C=S) groups is 1. The fourth-order valence-corrected chi connectivity index (χ4v) is 6.34. The highest BCUT2D eigenvalue weighted by molar-refractivity contribution is 8.26. The molecule has 9 nitrogen and oxygen atoms in total. The number of fused-ring (bicyclic) bond motifs is 1. The van der Waals surface area contributed by atoms with E-state index in [0.717, 1.165) is 12.8 Å². The number of hydrogen-bond acceptors (Lipinski definition) is 9. The van der Waals surface area contributed by atoms with Crippen molar-refractivity contribution in [1.82, 2.24) is 14.3 Å². The van der Waals surface area contributed by atoms with Crippen LogP contribution < -0.4 is 10.5 Å². The van der Waals surface area contributed by atoms with Crippen molar-refractivity contribution < 1.29 is 19.0 Å². The van der Waals surface area contributed by atoms with Gasteiger partial charge in [0.05, 0.1) is 36.3 Å². The Labute approximate surface area is 212 Å². The Kier molecular flexibility index (Phi) is 6.13. The summed E-state index contributed by atoms with van der Waals surface area (Å²) in [6, 6.07) is 5.46. The molecule has 1 unspecified atom stereocenters. The van der Waals surface area contributed by atoms with Crippen LogP contribution in [0.25, 0.3) is 11.7 Å². The van der Waals surface area contributed by atoms with Crippen molar-refractivity contribution >= 4 is 51.7 Å². The minimum absolute atomic E-state index is 0.000988. The van der Waals surface area contributed by atoms with Gasteiger partial charge >= 0.3 is 0 Å². The molecular formula is C24H26N4O5S2. The van der Waals surface area contributed by atoms with E-state index in [4.69, 9.17) is 31.4 Å². The summed E-state index contributed by atoms with van der Waals surface area (Å²) in [5.74, 6) is -0.157. The zero-order valence-corrected chi connectivity index (χ0v) is 20.8. The van der Waals surface area contributed by atoms with Crippen LogP contribution in [0.1, 0.15) is 31.2 Å². The lowest BCUT2D eigenvalue weighted by Gasteiger charge is -2.38. The van der Waals surface area contributed by atoms with Crippen LogP contribution in [0.15, 0.2) is 34.1 Å². The highest BCUT2D eigenvalue weighted by Gasteiger charge is 2.41. The molecule has 0 saturated carbocycles.